The van der Waals surface area contributed by atoms with Gasteiger partial charge in [-0.2, -0.15) is 0 Å². The summed E-state index contributed by atoms with van der Waals surface area (Å²) in [5.41, 5.74) is 0. The summed E-state index contributed by atoms with van der Waals surface area (Å²) in [6.07, 6.45) is 0. The van der Waals surface area contributed by atoms with Crippen molar-refractivity contribution in [1.82, 2.24) is 0 Å². The van der Waals surface area contributed by atoms with Crippen molar-refractivity contribution in [2.75, 3.05) is 0 Å². The fourth-order valence-corrected chi connectivity index (χ4v) is 0. The molecule has 0 aromatic rings. The standard InChI is InChI=1S/Cu.Ga.In.SSe2.6H/c;;;2-1-3;;;;;;. The van der Waals surface area contributed by atoms with Crippen LogP contribution >= 0.6 is 7.61 Å². The van der Waals surface area contributed by atoms with Crippen LogP contribution in [0.4, 0.5) is 0 Å². The molecule has 0 aliphatic carbocycles. The quantitative estimate of drug-likeness (QED) is 0.364. The number of hydrogen-bond acceptors (Lipinski definition) is 0. The van der Waals surface area contributed by atoms with Crippen molar-refractivity contribution in [1.29, 1.82) is 0 Å². The zero-order valence-corrected chi connectivity index (χ0v) is 6.71. The fraction of sp³-hybridized carbons (Fsp3) is 0. The molecule has 0 heterocycles. The summed E-state index contributed by atoms with van der Waals surface area (Å²) in [6.45, 7) is 0. The Balaban J connectivity index is -0.00000000667. The van der Waals surface area contributed by atoms with Gasteiger partial charge in [-0.25, -0.2) is 0 Å². The minimum atomic E-state index is 0. The first-order valence-electron chi connectivity index (χ1n) is 0.333. The Hall–Kier alpha value is 3.28. The van der Waals surface area contributed by atoms with Gasteiger partial charge >= 0.3 is 82.0 Å². The van der Waals surface area contributed by atoms with E-state index >= 15 is 0 Å². The molecule has 0 aliphatic heterocycles. The molecule has 0 saturated heterocycles. The molecule has 0 rings (SSSR count). The van der Waals surface area contributed by atoms with Gasteiger partial charge in [0.1, 0.15) is 0 Å². The molecule has 0 nitrogen and oxygen atoms in total. The van der Waals surface area contributed by atoms with Crippen molar-refractivity contribution in [3.8, 4) is 0 Å². The van der Waals surface area contributed by atoms with Crippen LogP contribution < -0.4 is 0 Å². The van der Waals surface area contributed by atoms with Gasteiger partial charge in [-0.3, -0.25) is 0 Å². The first-order valence-corrected chi connectivity index (χ1v) is 5.20. The second-order valence-electron chi connectivity index (χ2n) is 0.0680. The third kappa shape index (κ3) is 26.7. The second kappa shape index (κ2) is 23.9. The molecule has 1 radical (unpaired) electrons. The average molecular weight is 444 g/mol. The van der Waals surface area contributed by atoms with Crippen LogP contribution in [0.25, 0.3) is 0 Å². The van der Waals surface area contributed by atoms with Crippen molar-refractivity contribution >= 4 is 82.0 Å². The van der Waals surface area contributed by atoms with Crippen LogP contribution in [0.2, 0.25) is 0 Å². The number of hydrogen-bond donors (Lipinski definition) is 0. The Kier molecular flexibility index (Phi) is 91.1. The van der Waals surface area contributed by atoms with E-state index < -0.39 is 0 Å². The van der Waals surface area contributed by atoms with E-state index in [-0.39, 0.29) is 62.7 Å². The molecule has 6 heavy (non-hydrogen) atoms. The van der Waals surface area contributed by atoms with Gasteiger partial charge in [0.25, 0.3) is 0 Å². The summed E-state index contributed by atoms with van der Waals surface area (Å²) < 4.78 is 0. The maximum absolute atomic E-state index is 2.67. The van der Waals surface area contributed by atoms with Gasteiger partial charge in [0.05, 0.1) is 0 Å². The summed E-state index contributed by atoms with van der Waals surface area (Å²) in [6, 6.07) is 0. The molecule has 0 aromatic carbocycles. The van der Waals surface area contributed by atoms with Crippen LogP contribution in [0, 0.1) is 0 Å². The van der Waals surface area contributed by atoms with Gasteiger partial charge < -0.3 is 0 Å². The van der Waals surface area contributed by atoms with E-state index in [1.54, 1.807) is 0 Å². The first-order chi connectivity index (χ1) is 1.41. The van der Waals surface area contributed by atoms with Crippen LogP contribution in [0.5, 0.6) is 0 Å². The average Bonchev–Trinajstić information content (AvgIpc) is 0.918. The molecule has 0 atom stereocenters. The molecule has 0 aromatic heterocycles. The van der Waals surface area contributed by atoms with Crippen molar-refractivity contribution in [2.24, 2.45) is 0 Å². The first kappa shape index (κ1) is 22.8. The van der Waals surface area contributed by atoms with E-state index in [0.29, 0.717) is 0 Å². The summed E-state index contributed by atoms with van der Waals surface area (Å²) in [4.78, 5) is 0. The molecule has 0 unspecified atom stereocenters. The predicted octanol–water partition coefficient (Wildman–Crippen LogP) is -2.48. The molecular formula is H6CuGaInSSe2. The van der Waals surface area contributed by atoms with Gasteiger partial charge in [0.15, 0.2) is 0 Å². The summed E-state index contributed by atoms with van der Waals surface area (Å²) in [5.74, 6) is 0. The zero-order chi connectivity index (χ0) is 2.71. The van der Waals surface area contributed by atoms with Gasteiger partial charge in [0, 0.05) is 17.1 Å². The second-order valence-corrected chi connectivity index (χ2v) is 5.51. The van der Waals surface area contributed by atoms with E-state index in [1.165, 1.54) is 7.61 Å². The fourth-order valence-electron chi connectivity index (χ4n) is 0. The van der Waals surface area contributed by atoms with E-state index in [4.69, 9.17) is 0 Å². The third-order valence-electron chi connectivity index (χ3n) is 0. The predicted molar refractivity (Wildman–Crippen MR) is 39.0 cm³/mol. The topological polar surface area (TPSA) is 0 Å². The van der Waals surface area contributed by atoms with Crippen molar-refractivity contribution in [3.63, 3.8) is 0 Å². The normalized spacial score (nSPS) is 2.00. The molecule has 0 saturated carbocycles. The number of rotatable bonds is 0. The molecule has 0 spiro atoms. The van der Waals surface area contributed by atoms with Gasteiger partial charge in [-0.05, 0) is 0 Å². The SMILES string of the molecule is [Cu].[GaH3].[InH3].[Se]=S=[Se]. The van der Waals surface area contributed by atoms with Crippen molar-refractivity contribution in [3.05, 3.63) is 0 Å². The zero-order valence-electron chi connectivity index (χ0n) is 1.53. The van der Waals surface area contributed by atoms with Crippen LogP contribution in [0.15, 0.2) is 0 Å². The molecule has 0 fully saturated rings. The van der Waals surface area contributed by atoms with Gasteiger partial charge in [-0.1, -0.05) is 0 Å². The van der Waals surface area contributed by atoms with Crippen LogP contribution in [-0.4, -0.2) is 74.4 Å². The molecule has 0 aliphatic rings. The van der Waals surface area contributed by atoms with E-state index in [9.17, 15) is 0 Å². The summed E-state index contributed by atoms with van der Waals surface area (Å²) >= 11 is 5.33. The molecule has 0 amide bonds. The Bertz CT molecular complexity index is 34.5. The molecule has 0 bridgehead atoms. The summed E-state index contributed by atoms with van der Waals surface area (Å²) in [5, 5.41) is 0. The Morgan fingerprint density at radius 2 is 1.17 bits per heavy atom. The van der Waals surface area contributed by atoms with E-state index in [1.807, 2.05) is 0 Å². The van der Waals surface area contributed by atoms with Crippen molar-refractivity contribution in [2.45, 2.75) is 0 Å². The van der Waals surface area contributed by atoms with E-state index in [0.717, 1.165) is 0 Å². The minimum absolute atomic E-state index is 0. The monoisotopic (exact) mass is 445 g/mol. The third-order valence-corrected chi connectivity index (χ3v) is 0. The Morgan fingerprint density at radius 1 is 1.17 bits per heavy atom. The van der Waals surface area contributed by atoms with E-state index in [2.05, 4.69) is 28.8 Å². The van der Waals surface area contributed by atoms with Gasteiger partial charge in [0.2, 0.25) is 0 Å². The molecular weight excluding hydrogens is 438 g/mol. The van der Waals surface area contributed by atoms with Crippen molar-refractivity contribution < 1.29 is 17.1 Å². The Labute approximate surface area is 97.2 Å². The van der Waals surface area contributed by atoms with Gasteiger partial charge in [-0.15, -0.1) is 0 Å². The van der Waals surface area contributed by atoms with Crippen LogP contribution in [-0.2, 0) is 17.1 Å². The molecule has 0 N–H and O–H groups in total. The molecule has 41 valence electrons. The van der Waals surface area contributed by atoms with Crippen LogP contribution in [0.1, 0.15) is 0 Å². The Morgan fingerprint density at radius 3 is 1.17 bits per heavy atom. The molecule has 6 heteroatoms. The summed E-state index contributed by atoms with van der Waals surface area (Å²) in [7, 11) is 1.50. The van der Waals surface area contributed by atoms with Crippen LogP contribution in [0.3, 0.4) is 0 Å². The maximum atomic E-state index is 2.67.